The third-order valence-corrected chi connectivity index (χ3v) is 4.82. The highest BCUT2D eigenvalue weighted by Crippen LogP contribution is 2.17. The van der Waals surface area contributed by atoms with Crippen LogP contribution in [-0.2, 0) is 16.6 Å². The number of rotatable bonds is 8. The quantitative estimate of drug-likeness (QED) is 0.775. The van der Waals surface area contributed by atoms with Crippen LogP contribution in [0.3, 0.4) is 0 Å². The summed E-state index contributed by atoms with van der Waals surface area (Å²) in [7, 11) is -2.06. The number of sulfonamides is 1. The predicted molar refractivity (Wildman–Crippen MR) is 83.0 cm³/mol. The fourth-order valence-electron chi connectivity index (χ4n) is 2.05. The summed E-state index contributed by atoms with van der Waals surface area (Å²) in [6.07, 6.45) is 1.66. The highest BCUT2D eigenvalue weighted by Gasteiger charge is 2.21. The van der Waals surface area contributed by atoms with Gasteiger partial charge in [-0.3, -0.25) is 0 Å². The summed E-state index contributed by atoms with van der Waals surface area (Å²) < 4.78 is 40.9. The standard InChI is InChI=1S/C15H25FN2O2S/c1-11(2)5-6-12(3)18-21(19,20)15-8-7-13(10-17-4)9-14(15)16/h7-9,11-12,17-18H,5-6,10H2,1-4H3. The zero-order chi connectivity index (χ0) is 16.0. The maximum absolute atomic E-state index is 14.0. The van der Waals surface area contributed by atoms with Crippen LogP contribution in [0, 0.1) is 11.7 Å². The molecule has 1 aromatic carbocycles. The molecule has 1 rings (SSSR count). The molecule has 4 nitrogen and oxygen atoms in total. The molecule has 0 saturated heterocycles. The number of nitrogens with one attached hydrogen (secondary N) is 2. The van der Waals surface area contributed by atoms with Gasteiger partial charge >= 0.3 is 0 Å². The zero-order valence-corrected chi connectivity index (χ0v) is 13.9. The molecular weight excluding hydrogens is 291 g/mol. The lowest BCUT2D eigenvalue weighted by molar-refractivity contribution is 0.483. The van der Waals surface area contributed by atoms with E-state index in [1.165, 1.54) is 12.1 Å². The topological polar surface area (TPSA) is 58.2 Å². The Morgan fingerprint density at radius 1 is 1.19 bits per heavy atom. The smallest absolute Gasteiger partial charge is 0.243 e. The predicted octanol–water partition coefficient (Wildman–Crippen LogP) is 2.65. The van der Waals surface area contributed by atoms with Crippen molar-refractivity contribution < 1.29 is 12.8 Å². The maximum atomic E-state index is 14.0. The molecule has 0 aromatic heterocycles. The third kappa shape index (κ3) is 5.73. The number of benzene rings is 1. The lowest BCUT2D eigenvalue weighted by atomic mass is 10.1. The summed E-state index contributed by atoms with van der Waals surface area (Å²) in [5.41, 5.74) is 0.710. The average Bonchev–Trinajstić information content (AvgIpc) is 2.36. The normalized spacial score (nSPS) is 13.6. The van der Waals surface area contributed by atoms with E-state index in [1.807, 2.05) is 0 Å². The molecule has 0 aliphatic rings. The van der Waals surface area contributed by atoms with E-state index in [0.717, 1.165) is 12.8 Å². The molecule has 2 N–H and O–H groups in total. The van der Waals surface area contributed by atoms with Crippen molar-refractivity contribution in [3.63, 3.8) is 0 Å². The average molecular weight is 316 g/mol. The SMILES string of the molecule is CNCc1ccc(S(=O)(=O)NC(C)CCC(C)C)c(F)c1. The van der Waals surface area contributed by atoms with E-state index in [-0.39, 0.29) is 10.9 Å². The Morgan fingerprint density at radius 2 is 1.86 bits per heavy atom. The van der Waals surface area contributed by atoms with Crippen molar-refractivity contribution in [2.24, 2.45) is 5.92 Å². The number of hydrogen-bond acceptors (Lipinski definition) is 3. The molecule has 1 unspecified atom stereocenters. The second kappa shape index (κ2) is 7.87. The van der Waals surface area contributed by atoms with E-state index in [9.17, 15) is 12.8 Å². The summed E-state index contributed by atoms with van der Waals surface area (Å²) in [6, 6.07) is 3.98. The van der Waals surface area contributed by atoms with Crippen molar-refractivity contribution in [3.8, 4) is 0 Å². The molecule has 21 heavy (non-hydrogen) atoms. The molecule has 1 atom stereocenters. The Morgan fingerprint density at radius 3 is 2.38 bits per heavy atom. The van der Waals surface area contributed by atoms with Crippen molar-refractivity contribution in [1.29, 1.82) is 0 Å². The maximum Gasteiger partial charge on any atom is 0.243 e. The summed E-state index contributed by atoms with van der Waals surface area (Å²) in [5, 5.41) is 2.90. The van der Waals surface area contributed by atoms with Gasteiger partial charge in [-0.2, -0.15) is 0 Å². The van der Waals surface area contributed by atoms with Gasteiger partial charge in [0, 0.05) is 12.6 Å². The van der Waals surface area contributed by atoms with Crippen LogP contribution in [0.4, 0.5) is 4.39 Å². The zero-order valence-electron chi connectivity index (χ0n) is 13.1. The van der Waals surface area contributed by atoms with Gasteiger partial charge in [-0.25, -0.2) is 17.5 Å². The summed E-state index contributed by atoms with van der Waals surface area (Å²) in [5.74, 6) is -0.208. The number of halogens is 1. The molecule has 0 heterocycles. The first kappa shape index (κ1) is 18.1. The first-order valence-corrected chi connectivity index (χ1v) is 8.70. The van der Waals surface area contributed by atoms with Gasteiger partial charge in [-0.15, -0.1) is 0 Å². The third-order valence-electron chi connectivity index (χ3n) is 3.20. The van der Waals surface area contributed by atoms with Crippen molar-refractivity contribution in [1.82, 2.24) is 10.0 Å². The van der Waals surface area contributed by atoms with Gasteiger partial charge in [0.2, 0.25) is 10.0 Å². The molecule has 0 spiro atoms. The Bertz CT molecular complexity index is 559. The van der Waals surface area contributed by atoms with Gasteiger partial charge < -0.3 is 5.32 Å². The molecule has 0 bridgehead atoms. The summed E-state index contributed by atoms with van der Waals surface area (Å²) in [6.45, 7) is 6.46. The van der Waals surface area contributed by atoms with E-state index >= 15 is 0 Å². The van der Waals surface area contributed by atoms with Gasteiger partial charge in [0.15, 0.2) is 0 Å². The lowest BCUT2D eigenvalue weighted by Gasteiger charge is -2.16. The first-order chi connectivity index (χ1) is 9.76. The molecule has 0 aliphatic heterocycles. The molecule has 0 radical (unpaired) electrons. The van der Waals surface area contributed by atoms with Crippen LogP contribution in [0.1, 0.15) is 39.2 Å². The fraction of sp³-hybridized carbons (Fsp3) is 0.600. The van der Waals surface area contributed by atoms with Crippen LogP contribution >= 0.6 is 0 Å². The molecule has 0 saturated carbocycles. The van der Waals surface area contributed by atoms with Crippen molar-refractivity contribution >= 4 is 10.0 Å². The van der Waals surface area contributed by atoms with Gasteiger partial charge in [0.25, 0.3) is 0 Å². The Kier molecular flexibility index (Phi) is 6.77. The largest absolute Gasteiger partial charge is 0.316 e. The highest BCUT2D eigenvalue weighted by molar-refractivity contribution is 7.89. The van der Waals surface area contributed by atoms with Crippen LogP contribution < -0.4 is 10.0 Å². The second-order valence-electron chi connectivity index (χ2n) is 5.79. The Labute approximate surface area is 127 Å². The Hall–Kier alpha value is -0.980. The summed E-state index contributed by atoms with van der Waals surface area (Å²) in [4.78, 5) is -0.293. The highest BCUT2D eigenvalue weighted by atomic mass is 32.2. The van der Waals surface area contributed by atoms with Crippen LogP contribution in [0.5, 0.6) is 0 Å². The fourth-order valence-corrected chi connectivity index (χ4v) is 3.38. The monoisotopic (exact) mass is 316 g/mol. The van der Waals surface area contributed by atoms with Crippen LogP contribution in [0.25, 0.3) is 0 Å². The van der Waals surface area contributed by atoms with Crippen molar-refractivity contribution in [2.75, 3.05) is 7.05 Å². The Balaban J connectivity index is 2.83. The van der Waals surface area contributed by atoms with Crippen molar-refractivity contribution in [2.45, 2.75) is 51.1 Å². The van der Waals surface area contributed by atoms with Crippen LogP contribution in [-0.4, -0.2) is 21.5 Å². The molecule has 0 fully saturated rings. The minimum atomic E-state index is -3.82. The minimum Gasteiger partial charge on any atom is -0.316 e. The second-order valence-corrected chi connectivity index (χ2v) is 7.47. The van der Waals surface area contributed by atoms with Gasteiger partial charge in [-0.05, 0) is 50.4 Å². The van der Waals surface area contributed by atoms with Gasteiger partial charge in [0.05, 0.1) is 0 Å². The molecular formula is C15H25FN2O2S. The van der Waals surface area contributed by atoms with E-state index < -0.39 is 15.8 Å². The lowest BCUT2D eigenvalue weighted by Crippen LogP contribution is -2.33. The first-order valence-electron chi connectivity index (χ1n) is 7.21. The van der Waals surface area contributed by atoms with Crippen LogP contribution in [0.15, 0.2) is 23.1 Å². The van der Waals surface area contributed by atoms with E-state index in [1.54, 1.807) is 20.0 Å². The molecule has 0 aliphatic carbocycles. The number of hydrogen-bond donors (Lipinski definition) is 2. The molecule has 6 heteroatoms. The van der Waals surface area contributed by atoms with E-state index in [2.05, 4.69) is 23.9 Å². The van der Waals surface area contributed by atoms with Crippen LogP contribution in [0.2, 0.25) is 0 Å². The summed E-state index contributed by atoms with van der Waals surface area (Å²) >= 11 is 0. The minimum absolute atomic E-state index is 0.214. The van der Waals surface area contributed by atoms with E-state index in [0.29, 0.717) is 18.0 Å². The van der Waals surface area contributed by atoms with Crippen molar-refractivity contribution in [3.05, 3.63) is 29.6 Å². The molecule has 1 aromatic rings. The van der Waals surface area contributed by atoms with Gasteiger partial charge in [0.1, 0.15) is 10.7 Å². The molecule has 120 valence electrons. The van der Waals surface area contributed by atoms with Gasteiger partial charge in [-0.1, -0.05) is 19.9 Å². The molecule has 0 amide bonds. The van der Waals surface area contributed by atoms with E-state index in [4.69, 9.17) is 0 Å².